The number of nitrogens with one attached hydrogen (secondary N) is 2. The minimum Gasteiger partial charge on any atom is -0.325 e. The van der Waals surface area contributed by atoms with Crippen LogP contribution in [0, 0.1) is 0 Å². The molecule has 0 saturated carbocycles. The maximum absolute atomic E-state index is 12.2. The van der Waals surface area contributed by atoms with Gasteiger partial charge in [-0.15, -0.1) is 0 Å². The molecular formula is C21H23ClN4O3. The van der Waals surface area contributed by atoms with Gasteiger partial charge in [-0.1, -0.05) is 11.6 Å². The van der Waals surface area contributed by atoms with E-state index in [0.717, 1.165) is 18.7 Å². The number of carbonyl (C=O) groups excluding carboxylic acids is 3. The Morgan fingerprint density at radius 3 is 1.97 bits per heavy atom. The molecule has 1 aliphatic rings. The van der Waals surface area contributed by atoms with Gasteiger partial charge < -0.3 is 15.5 Å². The van der Waals surface area contributed by atoms with Gasteiger partial charge in [-0.3, -0.25) is 19.3 Å². The number of anilines is 3. The van der Waals surface area contributed by atoms with E-state index in [1.807, 2.05) is 12.1 Å². The number of benzene rings is 2. The molecule has 0 unspecified atom stereocenters. The highest BCUT2D eigenvalue weighted by Gasteiger charge is 2.21. The summed E-state index contributed by atoms with van der Waals surface area (Å²) in [6.45, 7) is 0.875. The number of hydrogen-bond donors (Lipinski definition) is 2. The molecule has 3 amide bonds. The van der Waals surface area contributed by atoms with Crippen molar-refractivity contribution in [2.24, 2.45) is 0 Å². The molecule has 1 saturated heterocycles. The molecule has 0 bridgehead atoms. The lowest BCUT2D eigenvalue weighted by Crippen LogP contribution is -2.36. The number of nitrogens with zero attached hydrogens (tertiary/aromatic N) is 2. The second-order valence-electron chi connectivity index (χ2n) is 6.97. The molecule has 2 aromatic carbocycles. The van der Waals surface area contributed by atoms with Gasteiger partial charge in [0.25, 0.3) is 0 Å². The van der Waals surface area contributed by atoms with Gasteiger partial charge in [-0.05, 0) is 62.0 Å². The molecular weight excluding hydrogens is 392 g/mol. The van der Waals surface area contributed by atoms with Crippen molar-refractivity contribution in [2.45, 2.75) is 12.8 Å². The third-order valence-electron chi connectivity index (χ3n) is 4.49. The first kappa shape index (κ1) is 20.8. The number of rotatable bonds is 7. The molecule has 0 aliphatic carbocycles. The Balaban J connectivity index is 1.45. The standard InChI is InChI=1S/C21H23ClN4O3/c1-25(13-19(27)23-16-6-4-15(22)5-7-16)14-20(28)24-17-8-10-18(11-9-17)26-12-2-3-21(26)29/h4-11H,2-3,12-14H2,1H3,(H,23,27)(H,24,28). The SMILES string of the molecule is CN(CC(=O)Nc1ccc(Cl)cc1)CC(=O)Nc1ccc(N2CCCC2=O)cc1. The van der Waals surface area contributed by atoms with Crippen LogP contribution in [0.3, 0.4) is 0 Å². The maximum atomic E-state index is 12.2. The van der Waals surface area contributed by atoms with Gasteiger partial charge in [0.05, 0.1) is 13.1 Å². The van der Waals surface area contributed by atoms with Crippen molar-refractivity contribution in [2.75, 3.05) is 42.2 Å². The van der Waals surface area contributed by atoms with Gasteiger partial charge in [0.2, 0.25) is 17.7 Å². The maximum Gasteiger partial charge on any atom is 0.238 e. The summed E-state index contributed by atoms with van der Waals surface area (Å²) in [6.07, 6.45) is 1.45. The van der Waals surface area contributed by atoms with Crippen molar-refractivity contribution in [1.29, 1.82) is 0 Å². The summed E-state index contributed by atoms with van der Waals surface area (Å²) in [4.78, 5) is 39.5. The van der Waals surface area contributed by atoms with Crippen molar-refractivity contribution in [3.63, 3.8) is 0 Å². The molecule has 2 N–H and O–H groups in total. The molecule has 1 aliphatic heterocycles. The molecule has 152 valence electrons. The van der Waals surface area contributed by atoms with Crippen LogP contribution in [0.5, 0.6) is 0 Å². The molecule has 29 heavy (non-hydrogen) atoms. The van der Waals surface area contributed by atoms with Crippen LogP contribution in [0.1, 0.15) is 12.8 Å². The number of halogens is 1. The highest BCUT2D eigenvalue weighted by Crippen LogP contribution is 2.23. The second-order valence-corrected chi connectivity index (χ2v) is 7.41. The first-order chi connectivity index (χ1) is 13.9. The fourth-order valence-corrected chi connectivity index (χ4v) is 3.25. The van der Waals surface area contributed by atoms with Crippen LogP contribution >= 0.6 is 11.6 Å². The molecule has 0 spiro atoms. The minimum absolute atomic E-state index is 0.0698. The molecule has 0 aromatic heterocycles. The summed E-state index contributed by atoms with van der Waals surface area (Å²) >= 11 is 5.82. The van der Waals surface area contributed by atoms with E-state index < -0.39 is 0 Å². The van der Waals surface area contributed by atoms with Gasteiger partial charge in [0.15, 0.2) is 0 Å². The summed E-state index contributed by atoms with van der Waals surface area (Å²) in [5, 5.41) is 6.15. The van der Waals surface area contributed by atoms with E-state index in [1.165, 1.54) is 0 Å². The third kappa shape index (κ3) is 6.04. The lowest BCUT2D eigenvalue weighted by molar-refractivity contribution is -0.119. The van der Waals surface area contributed by atoms with Gasteiger partial charge in [0.1, 0.15) is 0 Å². The Bertz CT molecular complexity index is 884. The van der Waals surface area contributed by atoms with E-state index in [1.54, 1.807) is 53.2 Å². The molecule has 1 heterocycles. The van der Waals surface area contributed by atoms with Crippen LogP contribution in [0.15, 0.2) is 48.5 Å². The smallest absolute Gasteiger partial charge is 0.238 e. The number of hydrogen-bond acceptors (Lipinski definition) is 4. The zero-order valence-corrected chi connectivity index (χ0v) is 16.9. The largest absolute Gasteiger partial charge is 0.325 e. The quantitative estimate of drug-likeness (QED) is 0.729. The summed E-state index contributed by atoms with van der Waals surface area (Å²) < 4.78 is 0. The second kappa shape index (κ2) is 9.54. The molecule has 2 aromatic rings. The van der Waals surface area contributed by atoms with Crippen molar-refractivity contribution >= 4 is 46.4 Å². The molecule has 0 radical (unpaired) electrons. The van der Waals surface area contributed by atoms with E-state index in [9.17, 15) is 14.4 Å². The van der Waals surface area contributed by atoms with E-state index in [0.29, 0.717) is 22.8 Å². The van der Waals surface area contributed by atoms with E-state index in [4.69, 9.17) is 11.6 Å². The predicted molar refractivity (Wildman–Crippen MR) is 114 cm³/mol. The van der Waals surface area contributed by atoms with Crippen LogP contribution in [0.25, 0.3) is 0 Å². The molecule has 7 nitrogen and oxygen atoms in total. The Labute approximate surface area is 174 Å². The van der Waals surface area contributed by atoms with Crippen LogP contribution in [-0.2, 0) is 14.4 Å². The zero-order valence-electron chi connectivity index (χ0n) is 16.2. The summed E-state index contributed by atoms with van der Waals surface area (Å²) in [6, 6.07) is 14.0. The summed E-state index contributed by atoms with van der Waals surface area (Å²) in [5.74, 6) is -0.320. The van der Waals surface area contributed by atoms with Crippen LogP contribution < -0.4 is 15.5 Å². The lowest BCUT2D eigenvalue weighted by Gasteiger charge is -2.17. The van der Waals surface area contributed by atoms with Gasteiger partial charge in [0, 0.05) is 35.1 Å². The highest BCUT2D eigenvalue weighted by atomic mass is 35.5. The van der Waals surface area contributed by atoms with Crippen LogP contribution in [0.4, 0.5) is 17.1 Å². The Hall–Kier alpha value is -2.90. The average Bonchev–Trinajstić information content (AvgIpc) is 3.10. The molecule has 8 heteroatoms. The fourth-order valence-electron chi connectivity index (χ4n) is 3.13. The monoisotopic (exact) mass is 414 g/mol. The number of amides is 3. The van der Waals surface area contributed by atoms with Crippen molar-refractivity contribution in [3.05, 3.63) is 53.6 Å². The lowest BCUT2D eigenvalue weighted by atomic mass is 10.2. The van der Waals surface area contributed by atoms with Crippen molar-refractivity contribution < 1.29 is 14.4 Å². The average molecular weight is 415 g/mol. The van der Waals surface area contributed by atoms with E-state index in [2.05, 4.69) is 10.6 Å². The van der Waals surface area contributed by atoms with Crippen LogP contribution in [-0.4, -0.2) is 49.3 Å². The number of carbonyl (C=O) groups is 3. The first-order valence-electron chi connectivity index (χ1n) is 9.35. The Morgan fingerprint density at radius 2 is 1.48 bits per heavy atom. The van der Waals surface area contributed by atoms with E-state index in [-0.39, 0.29) is 30.8 Å². The van der Waals surface area contributed by atoms with Crippen LogP contribution in [0.2, 0.25) is 5.02 Å². The normalized spacial score (nSPS) is 13.6. The Morgan fingerprint density at radius 1 is 0.966 bits per heavy atom. The van der Waals surface area contributed by atoms with Crippen molar-refractivity contribution in [3.8, 4) is 0 Å². The molecule has 1 fully saturated rings. The zero-order chi connectivity index (χ0) is 20.8. The molecule has 0 atom stereocenters. The van der Waals surface area contributed by atoms with E-state index >= 15 is 0 Å². The predicted octanol–water partition coefficient (Wildman–Crippen LogP) is 2.98. The topological polar surface area (TPSA) is 81.8 Å². The van der Waals surface area contributed by atoms with Gasteiger partial charge in [-0.2, -0.15) is 0 Å². The third-order valence-corrected chi connectivity index (χ3v) is 4.74. The first-order valence-corrected chi connectivity index (χ1v) is 9.73. The Kier molecular flexibility index (Phi) is 6.85. The number of likely N-dealkylation sites (N-methyl/N-ethyl adjacent to an activating group) is 1. The fraction of sp³-hybridized carbons (Fsp3) is 0.286. The summed E-state index contributed by atoms with van der Waals surface area (Å²) in [5.41, 5.74) is 2.12. The van der Waals surface area contributed by atoms with Crippen molar-refractivity contribution in [1.82, 2.24) is 4.90 Å². The van der Waals surface area contributed by atoms with Gasteiger partial charge in [-0.25, -0.2) is 0 Å². The van der Waals surface area contributed by atoms with Gasteiger partial charge >= 0.3 is 0 Å². The highest BCUT2D eigenvalue weighted by molar-refractivity contribution is 6.30. The minimum atomic E-state index is -0.225. The molecule has 3 rings (SSSR count). The summed E-state index contributed by atoms with van der Waals surface area (Å²) in [7, 11) is 1.70.